The zero-order chi connectivity index (χ0) is 9.68. The number of ether oxygens (including phenoxy) is 1. The van der Waals surface area contributed by atoms with E-state index >= 15 is 0 Å². The number of hydrogen-bond acceptors (Lipinski definition) is 3. The number of nitrogens with zero attached hydrogens (tertiary/aromatic N) is 1. The van der Waals surface area contributed by atoms with Crippen LogP contribution in [0.25, 0.3) is 0 Å². The van der Waals surface area contributed by atoms with Crippen molar-refractivity contribution in [3.8, 4) is 5.75 Å². The molecule has 0 unspecified atom stereocenters. The zero-order valence-electron chi connectivity index (χ0n) is 7.45. The van der Waals surface area contributed by atoms with Crippen LogP contribution in [-0.2, 0) is 4.84 Å². The van der Waals surface area contributed by atoms with Crippen molar-refractivity contribution in [3.05, 3.63) is 29.8 Å². The Hall–Kier alpha value is -1.58. The Morgan fingerprint density at radius 1 is 1.23 bits per heavy atom. The number of hydrogen-bond donors (Lipinski definition) is 0. The Morgan fingerprint density at radius 3 is 2.31 bits per heavy atom. The van der Waals surface area contributed by atoms with E-state index in [1.807, 2.05) is 0 Å². The van der Waals surface area contributed by atoms with Gasteiger partial charge in [-0.2, -0.15) is 4.39 Å². The Labute approximate surface area is 75.8 Å². The van der Waals surface area contributed by atoms with Gasteiger partial charge < -0.3 is 9.57 Å². The van der Waals surface area contributed by atoms with Crippen molar-refractivity contribution < 1.29 is 14.0 Å². The van der Waals surface area contributed by atoms with Crippen LogP contribution in [0.5, 0.6) is 5.75 Å². The molecule has 0 aromatic heterocycles. The third-order valence-electron chi connectivity index (χ3n) is 1.50. The predicted molar refractivity (Wildman–Crippen MR) is 47.6 cm³/mol. The van der Waals surface area contributed by atoms with E-state index in [-0.39, 0.29) is 0 Å². The lowest BCUT2D eigenvalue weighted by atomic mass is 10.2. The Bertz CT molecular complexity index is 295. The molecule has 70 valence electrons. The van der Waals surface area contributed by atoms with Gasteiger partial charge in [-0.1, -0.05) is 5.16 Å². The van der Waals surface area contributed by atoms with Crippen LogP contribution in [0.3, 0.4) is 0 Å². The van der Waals surface area contributed by atoms with E-state index in [4.69, 9.17) is 4.74 Å². The molecule has 0 radical (unpaired) electrons. The van der Waals surface area contributed by atoms with E-state index in [0.29, 0.717) is 11.3 Å². The van der Waals surface area contributed by atoms with E-state index < -0.39 is 5.97 Å². The highest BCUT2D eigenvalue weighted by atomic mass is 19.1. The van der Waals surface area contributed by atoms with Gasteiger partial charge in [-0.3, -0.25) is 0 Å². The number of oxime groups is 1. The molecule has 0 spiro atoms. The van der Waals surface area contributed by atoms with Crippen LogP contribution in [0, 0.1) is 0 Å². The van der Waals surface area contributed by atoms with Gasteiger partial charge in [0.1, 0.15) is 12.9 Å². The fourth-order valence-corrected chi connectivity index (χ4v) is 0.861. The van der Waals surface area contributed by atoms with Crippen LogP contribution in [-0.4, -0.2) is 20.2 Å². The summed E-state index contributed by atoms with van der Waals surface area (Å²) in [6.07, 6.45) is 0. The molecule has 0 saturated heterocycles. The molecule has 0 atom stereocenters. The summed E-state index contributed by atoms with van der Waals surface area (Å²) in [6, 6.07) is 6.44. The largest absolute Gasteiger partial charge is 0.497 e. The van der Waals surface area contributed by atoms with Gasteiger partial charge in [-0.15, -0.1) is 0 Å². The minimum absolute atomic E-state index is 0.364. The SMILES string of the molecule is CO/N=C(/F)c1ccc(OC)cc1. The summed E-state index contributed by atoms with van der Waals surface area (Å²) in [7, 11) is 2.84. The first-order chi connectivity index (χ1) is 6.27. The molecule has 1 aromatic rings. The molecular formula is C9H10FNO2. The molecule has 13 heavy (non-hydrogen) atoms. The molecule has 0 fully saturated rings. The average molecular weight is 183 g/mol. The minimum atomic E-state index is -0.648. The van der Waals surface area contributed by atoms with Gasteiger partial charge in [-0.25, -0.2) is 0 Å². The summed E-state index contributed by atoms with van der Waals surface area (Å²) in [5.74, 6) is 0.0270. The molecule has 0 aliphatic carbocycles. The fraction of sp³-hybridized carbons (Fsp3) is 0.222. The monoisotopic (exact) mass is 183 g/mol. The Balaban J connectivity index is 2.85. The molecule has 0 aliphatic heterocycles. The quantitative estimate of drug-likeness (QED) is 0.530. The first kappa shape index (κ1) is 9.51. The standard InChI is InChI=1S/C9H10FNO2/c1-12-8-5-3-7(4-6-8)9(10)11-13-2/h3-6H,1-2H3/b11-9+. The van der Waals surface area contributed by atoms with Crippen LogP contribution in [0.4, 0.5) is 4.39 Å². The predicted octanol–water partition coefficient (Wildman–Crippen LogP) is 1.97. The molecular weight excluding hydrogens is 173 g/mol. The van der Waals surface area contributed by atoms with Gasteiger partial charge in [0.2, 0.25) is 0 Å². The van der Waals surface area contributed by atoms with Crippen molar-refractivity contribution in [3.63, 3.8) is 0 Å². The normalized spacial score (nSPS) is 11.2. The van der Waals surface area contributed by atoms with Crippen molar-refractivity contribution in [2.75, 3.05) is 14.2 Å². The summed E-state index contributed by atoms with van der Waals surface area (Å²) < 4.78 is 17.9. The summed E-state index contributed by atoms with van der Waals surface area (Å²) in [4.78, 5) is 4.30. The van der Waals surface area contributed by atoms with Crippen LogP contribution >= 0.6 is 0 Å². The van der Waals surface area contributed by atoms with E-state index in [1.54, 1.807) is 31.4 Å². The number of benzene rings is 1. The molecule has 0 amide bonds. The van der Waals surface area contributed by atoms with Crippen molar-refractivity contribution in [1.82, 2.24) is 0 Å². The van der Waals surface area contributed by atoms with Crippen LogP contribution < -0.4 is 4.74 Å². The Kier molecular flexibility index (Phi) is 3.25. The minimum Gasteiger partial charge on any atom is -0.497 e. The third-order valence-corrected chi connectivity index (χ3v) is 1.50. The number of rotatable bonds is 3. The van der Waals surface area contributed by atoms with Crippen molar-refractivity contribution >= 4 is 5.97 Å². The second-order valence-electron chi connectivity index (χ2n) is 2.29. The Morgan fingerprint density at radius 2 is 1.85 bits per heavy atom. The van der Waals surface area contributed by atoms with Crippen molar-refractivity contribution in [1.29, 1.82) is 0 Å². The highest BCUT2D eigenvalue weighted by Crippen LogP contribution is 2.12. The van der Waals surface area contributed by atoms with Gasteiger partial charge in [0.25, 0.3) is 5.97 Å². The fourth-order valence-electron chi connectivity index (χ4n) is 0.861. The summed E-state index contributed by atoms with van der Waals surface area (Å²) >= 11 is 0. The van der Waals surface area contributed by atoms with Crippen molar-refractivity contribution in [2.24, 2.45) is 5.16 Å². The zero-order valence-corrected chi connectivity index (χ0v) is 7.45. The van der Waals surface area contributed by atoms with Gasteiger partial charge >= 0.3 is 0 Å². The van der Waals surface area contributed by atoms with E-state index in [2.05, 4.69) is 9.99 Å². The van der Waals surface area contributed by atoms with Gasteiger partial charge in [0, 0.05) is 5.56 Å². The van der Waals surface area contributed by atoms with Crippen LogP contribution in [0.15, 0.2) is 29.4 Å². The first-order valence-corrected chi connectivity index (χ1v) is 3.69. The second kappa shape index (κ2) is 4.45. The summed E-state index contributed by atoms with van der Waals surface area (Å²) in [5, 5.41) is 3.16. The summed E-state index contributed by atoms with van der Waals surface area (Å²) in [5.41, 5.74) is 0.364. The lowest BCUT2D eigenvalue weighted by molar-refractivity contribution is 0.209. The number of halogens is 1. The molecule has 1 aromatic carbocycles. The maximum Gasteiger partial charge on any atom is 0.257 e. The topological polar surface area (TPSA) is 30.8 Å². The van der Waals surface area contributed by atoms with Gasteiger partial charge in [0.05, 0.1) is 7.11 Å². The molecule has 0 aliphatic rings. The average Bonchev–Trinajstić information content (AvgIpc) is 2.18. The third kappa shape index (κ3) is 2.43. The highest BCUT2D eigenvalue weighted by Gasteiger charge is 2.01. The molecule has 0 saturated carbocycles. The van der Waals surface area contributed by atoms with Gasteiger partial charge in [-0.05, 0) is 24.3 Å². The van der Waals surface area contributed by atoms with E-state index in [1.165, 1.54) is 7.11 Å². The smallest absolute Gasteiger partial charge is 0.257 e. The molecule has 0 heterocycles. The highest BCUT2D eigenvalue weighted by molar-refractivity contribution is 5.92. The summed E-state index contributed by atoms with van der Waals surface area (Å²) in [6.45, 7) is 0. The maximum atomic E-state index is 13.0. The molecule has 4 heteroatoms. The van der Waals surface area contributed by atoms with E-state index in [9.17, 15) is 4.39 Å². The van der Waals surface area contributed by atoms with E-state index in [0.717, 1.165) is 0 Å². The first-order valence-electron chi connectivity index (χ1n) is 3.69. The lowest BCUT2D eigenvalue weighted by Crippen LogP contribution is -1.93. The van der Waals surface area contributed by atoms with Crippen molar-refractivity contribution in [2.45, 2.75) is 0 Å². The van der Waals surface area contributed by atoms with Gasteiger partial charge in [0.15, 0.2) is 0 Å². The molecule has 0 N–H and O–H groups in total. The number of methoxy groups -OCH3 is 1. The lowest BCUT2D eigenvalue weighted by Gasteiger charge is -1.99. The maximum absolute atomic E-state index is 13.0. The molecule has 1 rings (SSSR count). The van der Waals surface area contributed by atoms with Crippen LogP contribution in [0.1, 0.15) is 5.56 Å². The molecule has 3 nitrogen and oxygen atoms in total. The second-order valence-corrected chi connectivity index (χ2v) is 2.29. The molecule has 0 bridgehead atoms. The van der Waals surface area contributed by atoms with Crippen LogP contribution in [0.2, 0.25) is 0 Å².